The topological polar surface area (TPSA) is 29.9 Å². The third-order valence-electron chi connectivity index (χ3n) is 5.34. The van der Waals surface area contributed by atoms with Crippen molar-refractivity contribution in [3.8, 4) is 0 Å². The van der Waals surface area contributed by atoms with Crippen LogP contribution >= 0.6 is 0 Å². The summed E-state index contributed by atoms with van der Waals surface area (Å²) in [5.74, 6) is 2.60. The molecule has 1 aromatic rings. The minimum absolute atomic E-state index is 0.822. The highest BCUT2D eigenvalue weighted by atomic mass is 15.3. The number of aryl methyl sites for hydroxylation is 2. The minimum Gasteiger partial charge on any atom is -0.317 e. The van der Waals surface area contributed by atoms with E-state index in [1.807, 2.05) is 0 Å². The van der Waals surface area contributed by atoms with Crippen molar-refractivity contribution < 1.29 is 0 Å². The van der Waals surface area contributed by atoms with Crippen LogP contribution in [0.4, 0.5) is 0 Å². The molecule has 120 valence electrons. The monoisotopic (exact) mass is 291 g/mol. The van der Waals surface area contributed by atoms with Gasteiger partial charge >= 0.3 is 0 Å². The van der Waals surface area contributed by atoms with Gasteiger partial charge in [0.25, 0.3) is 0 Å². The lowest BCUT2D eigenvalue weighted by molar-refractivity contribution is 0.170. The molecule has 0 bridgehead atoms. The van der Waals surface area contributed by atoms with Crippen molar-refractivity contribution in [2.45, 2.75) is 59.3 Å². The summed E-state index contributed by atoms with van der Waals surface area (Å²) in [5.41, 5.74) is 2.66. The van der Waals surface area contributed by atoms with Crippen LogP contribution in [0.5, 0.6) is 0 Å². The molecule has 1 aliphatic rings. The van der Waals surface area contributed by atoms with Crippen molar-refractivity contribution in [1.29, 1.82) is 0 Å². The summed E-state index contributed by atoms with van der Waals surface area (Å²) in [7, 11) is 2.11. The van der Waals surface area contributed by atoms with E-state index in [0.717, 1.165) is 30.7 Å². The largest absolute Gasteiger partial charge is 0.317 e. The quantitative estimate of drug-likeness (QED) is 0.832. The molecule has 2 rings (SSSR count). The van der Waals surface area contributed by atoms with Gasteiger partial charge in [-0.15, -0.1) is 0 Å². The zero-order valence-corrected chi connectivity index (χ0v) is 14.4. The summed E-state index contributed by atoms with van der Waals surface area (Å²) in [4.78, 5) is 0. The van der Waals surface area contributed by atoms with Crippen molar-refractivity contribution in [2.24, 2.45) is 24.8 Å². The Balaban J connectivity index is 2.05. The van der Waals surface area contributed by atoms with Crippen LogP contribution < -0.4 is 5.32 Å². The van der Waals surface area contributed by atoms with Gasteiger partial charge in [0.2, 0.25) is 0 Å². The lowest BCUT2D eigenvalue weighted by atomic mass is 9.71. The molecule has 21 heavy (non-hydrogen) atoms. The van der Waals surface area contributed by atoms with E-state index < -0.39 is 0 Å². The molecule has 0 radical (unpaired) electrons. The van der Waals surface area contributed by atoms with Crippen molar-refractivity contribution >= 4 is 0 Å². The molecule has 1 fully saturated rings. The van der Waals surface area contributed by atoms with E-state index in [2.05, 4.69) is 49.0 Å². The lowest BCUT2D eigenvalue weighted by Gasteiger charge is -2.36. The second-order valence-electron chi connectivity index (χ2n) is 6.72. The molecule has 1 aromatic heterocycles. The first kappa shape index (κ1) is 16.5. The predicted octanol–water partition coefficient (Wildman–Crippen LogP) is 3.58. The Labute approximate surface area is 130 Å². The smallest absolute Gasteiger partial charge is 0.0624 e. The maximum absolute atomic E-state index is 4.62. The molecule has 3 heteroatoms. The Morgan fingerprint density at radius 1 is 1.24 bits per heavy atom. The minimum atomic E-state index is 0.822. The fourth-order valence-corrected chi connectivity index (χ4v) is 3.85. The molecule has 1 saturated carbocycles. The van der Waals surface area contributed by atoms with Gasteiger partial charge in [-0.1, -0.05) is 33.6 Å². The number of hydrogen-bond acceptors (Lipinski definition) is 2. The third-order valence-corrected chi connectivity index (χ3v) is 5.34. The van der Waals surface area contributed by atoms with Gasteiger partial charge in [0.05, 0.1) is 5.69 Å². The Hall–Kier alpha value is -0.830. The molecule has 3 unspecified atom stereocenters. The van der Waals surface area contributed by atoms with Crippen LogP contribution in [0.2, 0.25) is 0 Å². The van der Waals surface area contributed by atoms with E-state index in [0.29, 0.717) is 0 Å². The average molecular weight is 291 g/mol. The fourth-order valence-electron chi connectivity index (χ4n) is 3.85. The van der Waals surface area contributed by atoms with Gasteiger partial charge in [-0.2, -0.15) is 5.10 Å². The highest BCUT2D eigenvalue weighted by molar-refractivity contribution is 5.11. The summed E-state index contributed by atoms with van der Waals surface area (Å²) in [6.45, 7) is 9.03. The zero-order valence-electron chi connectivity index (χ0n) is 14.4. The maximum Gasteiger partial charge on any atom is 0.0624 e. The van der Waals surface area contributed by atoms with Gasteiger partial charge in [-0.05, 0) is 62.6 Å². The van der Waals surface area contributed by atoms with Crippen LogP contribution in [0.1, 0.15) is 57.8 Å². The lowest BCUT2D eigenvalue weighted by Crippen LogP contribution is -2.34. The van der Waals surface area contributed by atoms with E-state index >= 15 is 0 Å². The number of nitrogens with zero attached hydrogens (tertiary/aromatic N) is 2. The van der Waals surface area contributed by atoms with E-state index in [-0.39, 0.29) is 0 Å². The second-order valence-corrected chi connectivity index (χ2v) is 6.72. The van der Waals surface area contributed by atoms with Gasteiger partial charge in [0.15, 0.2) is 0 Å². The van der Waals surface area contributed by atoms with Gasteiger partial charge in [0, 0.05) is 12.7 Å². The molecular formula is C18H33N3. The van der Waals surface area contributed by atoms with E-state index in [1.54, 1.807) is 0 Å². The summed E-state index contributed by atoms with van der Waals surface area (Å²) < 4.78 is 2.11. The zero-order chi connectivity index (χ0) is 15.2. The average Bonchev–Trinajstić information content (AvgIpc) is 2.86. The van der Waals surface area contributed by atoms with Crippen LogP contribution in [0, 0.1) is 17.8 Å². The molecule has 1 aliphatic carbocycles. The number of aromatic nitrogens is 2. The van der Waals surface area contributed by atoms with Gasteiger partial charge in [-0.25, -0.2) is 0 Å². The first-order chi connectivity index (χ1) is 10.2. The highest BCUT2D eigenvalue weighted by Crippen LogP contribution is 2.37. The van der Waals surface area contributed by atoms with Crippen LogP contribution in [0.25, 0.3) is 0 Å². The Bertz CT molecular complexity index is 424. The van der Waals surface area contributed by atoms with Gasteiger partial charge < -0.3 is 5.32 Å². The highest BCUT2D eigenvalue weighted by Gasteiger charge is 2.30. The Kier molecular flexibility index (Phi) is 6.28. The molecule has 3 atom stereocenters. The Morgan fingerprint density at radius 2 is 2.05 bits per heavy atom. The molecule has 1 N–H and O–H groups in total. The number of hydrogen-bond donors (Lipinski definition) is 1. The third kappa shape index (κ3) is 4.32. The molecule has 1 heterocycles. The van der Waals surface area contributed by atoms with Crippen molar-refractivity contribution in [2.75, 3.05) is 13.1 Å². The van der Waals surface area contributed by atoms with Crippen LogP contribution in [-0.2, 0) is 19.9 Å². The molecule has 3 nitrogen and oxygen atoms in total. The number of rotatable bonds is 7. The van der Waals surface area contributed by atoms with Crippen LogP contribution in [0.3, 0.4) is 0 Å². The molecule has 0 spiro atoms. The van der Waals surface area contributed by atoms with E-state index in [4.69, 9.17) is 0 Å². The van der Waals surface area contributed by atoms with Crippen LogP contribution in [0.15, 0.2) is 6.07 Å². The molecular weight excluding hydrogens is 258 g/mol. The SMILES string of the molecule is CCNCC1CCC(CC)CC1Cc1cc(CC)nn1C. The summed E-state index contributed by atoms with van der Waals surface area (Å²) in [6.07, 6.45) is 7.81. The maximum atomic E-state index is 4.62. The van der Waals surface area contributed by atoms with Crippen molar-refractivity contribution in [3.63, 3.8) is 0 Å². The molecule has 0 saturated heterocycles. The molecule has 0 amide bonds. The summed E-state index contributed by atoms with van der Waals surface area (Å²) >= 11 is 0. The normalized spacial score (nSPS) is 26.2. The summed E-state index contributed by atoms with van der Waals surface area (Å²) in [6, 6.07) is 2.32. The fraction of sp³-hybridized carbons (Fsp3) is 0.833. The van der Waals surface area contributed by atoms with Crippen molar-refractivity contribution in [3.05, 3.63) is 17.5 Å². The first-order valence-corrected chi connectivity index (χ1v) is 8.90. The van der Waals surface area contributed by atoms with E-state index in [9.17, 15) is 0 Å². The van der Waals surface area contributed by atoms with Gasteiger partial charge in [-0.3, -0.25) is 4.68 Å². The Morgan fingerprint density at radius 3 is 2.67 bits per heavy atom. The number of nitrogens with one attached hydrogen (secondary N) is 1. The van der Waals surface area contributed by atoms with Crippen molar-refractivity contribution in [1.82, 2.24) is 15.1 Å². The summed E-state index contributed by atoms with van der Waals surface area (Å²) in [5, 5.41) is 8.20. The predicted molar refractivity (Wildman–Crippen MR) is 89.4 cm³/mol. The standard InChI is InChI=1S/C18H33N3/c1-5-14-8-9-15(13-19-7-3)16(10-14)11-18-12-17(6-2)20-21(18)4/h12,14-16,19H,5-11,13H2,1-4H3. The molecule has 0 aromatic carbocycles. The molecule has 0 aliphatic heterocycles. The van der Waals surface area contributed by atoms with Crippen LogP contribution in [-0.4, -0.2) is 22.9 Å². The van der Waals surface area contributed by atoms with E-state index in [1.165, 1.54) is 50.0 Å². The second kappa shape index (κ2) is 7.98. The van der Waals surface area contributed by atoms with Gasteiger partial charge in [0.1, 0.15) is 0 Å². The first-order valence-electron chi connectivity index (χ1n) is 8.90.